The molecule has 1 aromatic carbocycles. The second kappa shape index (κ2) is 4.96. The van der Waals surface area contributed by atoms with Crippen LogP contribution in [0, 0.1) is 6.92 Å². The zero-order valence-electron chi connectivity index (χ0n) is 11.4. The standard InChI is InChI=1S/C15H19N3O/c1-3-19-14-8-4-12(5-9-14)17-15-16-11(2)10-18(15)13-6-7-13/h4-5,8-10,13H,3,6-7H2,1-2H3,(H,16,17). The van der Waals surface area contributed by atoms with Crippen molar-refractivity contribution in [2.75, 3.05) is 11.9 Å². The number of rotatable bonds is 5. The van der Waals surface area contributed by atoms with E-state index in [1.54, 1.807) is 0 Å². The Morgan fingerprint density at radius 3 is 2.68 bits per heavy atom. The molecule has 0 unspecified atom stereocenters. The molecule has 4 nitrogen and oxygen atoms in total. The third-order valence-electron chi connectivity index (χ3n) is 3.21. The fourth-order valence-electron chi connectivity index (χ4n) is 2.17. The number of imidazole rings is 1. The number of benzene rings is 1. The first kappa shape index (κ1) is 12.1. The van der Waals surface area contributed by atoms with Gasteiger partial charge in [-0.3, -0.25) is 0 Å². The summed E-state index contributed by atoms with van der Waals surface area (Å²) in [5.41, 5.74) is 2.09. The van der Waals surface area contributed by atoms with E-state index in [9.17, 15) is 0 Å². The highest BCUT2D eigenvalue weighted by Crippen LogP contribution is 2.37. The maximum absolute atomic E-state index is 5.44. The van der Waals surface area contributed by atoms with Crippen molar-refractivity contribution in [3.05, 3.63) is 36.2 Å². The second-order valence-corrected chi connectivity index (χ2v) is 4.93. The SMILES string of the molecule is CCOc1ccc(Nc2nc(C)cn2C2CC2)cc1. The normalized spacial score (nSPS) is 14.4. The molecule has 3 rings (SSSR count). The Kier molecular flexibility index (Phi) is 3.15. The van der Waals surface area contributed by atoms with Crippen molar-refractivity contribution < 1.29 is 4.74 Å². The van der Waals surface area contributed by atoms with E-state index < -0.39 is 0 Å². The van der Waals surface area contributed by atoms with Gasteiger partial charge in [0, 0.05) is 17.9 Å². The van der Waals surface area contributed by atoms with Gasteiger partial charge in [-0.2, -0.15) is 0 Å². The summed E-state index contributed by atoms with van der Waals surface area (Å²) in [7, 11) is 0. The van der Waals surface area contributed by atoms with Gasteiger partial charge in [0.15, 0.2) is 0 Å². The fraction of sp³-hybridized carbons (Fsp3) is 0.400. The smallest absolute Gasteiger partial charge is 0.207 e. The third-order valence-corrected chi connectivity index (χ3v) is 3.21. The first-order valence-corrected chi connectivity index (χ1v) is 6.81. The van der Waals surface area contributed by atoms with E-state index in [2.05, 4.69) is 21.1 Å². The average molecular weight is 257 g/mol. The van der Waals surface area contributed by atoms with Gasteiger partial charge >= 0.3 is 0 Å². The molecular formula is C15H19N3O. The number of aryl methyl sites for hydroxylation is 1. The van der Waals surface area contributed by atoms with Crippen LogP contribution in [-0.2, 0) is 0 Å². The molecule has 0 radical (unpaired) electrons. The molecular weight excluding hydrogens is 238 g/mol. The number of hydrogen-bond donors (Lipinski definition) is 1. The molecule has 0 bridgehead atoms. The van der Waals surface area contributed by atoms with E-state index in [1.807, 2.05) is 38.1 Å². The van der Waals surface area contributed by atoms with Crippen LogP contribution >= 0.6 is 0 Å². The fourth-order valence-corrected chi connectivity index (χ4v) is 2.17. The van der Waals surface area contributed by atoms with E-state index in [-0.39, 0.29) is 0 Å². The van der Waals surface area contributed by atoms with Crippen molar-refractivity contribution in [3.63, 3.8) is 0 Å². The van der Waals surface area contributed by atoms with Crippen molar-refractivity contribution in [2.45, 2.75) is 32.7 Å². The molecule has 0 spiro atoms. The van der Waals surface area contributed by atoms with E-state index in [1.165, 1.54) is 12.8 Å². The van der Waals surface area contributed by atoms with Gasteiger partial charge in [0.05, 0.1) is 12.3 Å². The second-order valence-electron chi connectivity index (χ2n) is 4.93. The molecule has 1 saturated carbocycles. The summed E-state index contributed by atoms with van der Waals surface area (Å²) in [5.74, 6) is 1.83. The Bertz CT molecular complexity index is 555. The van der Waals surface area contributed by atoms with Crippen LogP contribution in [0.2, 0.25) is 0 Å². The number of nitrogens with zero attached hydrogens (tertiary/aromatic N) is 2. The van der Waals surface area contributed by atoms with Crippen LogP contribution in [0.25, 0.3) is 0 Å². The number of ether oxygens (including phenoxy) is 1. The molecule has 19 heavy (non-hydrogen) atoms. The lowest BCUT2D eigenvalue weighted by molar-refractivity contribution is 0.340. The van der Waals surface area contributed by atoms with Crippen molar-refractivity contribution >= 4 is 11.6 Å². The zero-order chi connectivity index (χ0) is 13.2. The van der Waals surface area contributed by atoms with E-state index in [0.29, 0.717) is 12.6 Å². The molecule has 2 aromatic rings. The summed E-state index contributed by atoms with van der Waals surface area (Å²) in [4.78, 5) is 4.55. The summed E-state index contributed by atoms with van der Waals surface area (Å²) in [6.45, 7) is 4.71. The van der Waals surface area contributed by atoms with Crippen LogP contribution < -0.4 is 10.1 Å². The molecule has 1 N–H and O–H groups in total. The first-order chi connectivity index (χ1) is 9.26. The molecule has 0 amide bonds. The van der Waals surface area contributed by atoms with Crippen LogP contribution in [0.15, 0.2) is 30.5 Å². The van der Waals surface area contributed by atoms with E-state index >= 15 is 0 Å². The Hall–Kier alpha value is -1.97. The average Bonchev–Trinajstić information content (AvgIpc) is 3.17. The minimum atomic E-state index is 0.631. The van der Waals surface area contributed by atoms with Crippen molar-refractivity contribution in [2.24, 2.45) is 0 Å². The van der Waals surface area contributed by atoms with E-state index in [0.717, 1.165) is 23.1 Å². The van der Waals surface area contributed by atoms with Gasteiger partial charge in [0.1, 0.15) is 5.75 Å². The summed E-state index contributed by atoms with van der Waals surface area (Å²) in [5, 5.41) is 3.38. The molecule has 1 aliphatic carbocycles. The van der Waals surface area contributed by atoms with Crippen LogP contribution in [0.4, 0.5) is 11.6 Å². The topological polar surface area (TPSA) is 39.1 Å². The van der Waals surface area contributed by atoms with Crippen LogP contribution in [0.3, 0.4) is 0 Å². The number of hydrogen-bond acceptors (Lipinski definition) is 3. The van der Waals surface area contributed by atoms with E-state index in [4.69, 9.17) is 4.74 Å². The number of nitrogens with one attached hydrogen (secondary N) is 1. The molecule has 0 atom stereocenters. The lowest BCUT2D eigenvalue weighted by atomic mass is 10.3. The maximum Gasteiger partial charge on any atom is 0.207 e. The first-order valence-electron chi connectivity index (χ1n) is 6.81. The molecule has 100 valence electrons. The lowest BCUT2D eigenvalue weighted by Crippen LogP contribution is -2.01. The Morgan fingerprint density at radius 1 is 1.32 bits per heavy atom. The summed E-state index contributed by atoms with van der Waals surface area (Å²) < 4.78 is 7.68. The number of anilines is 2. The van der Waals surface area contributed by atoms with Gasteiger partial charge in [-0.25, -0.2) is 4.98 Å². The van der Waals surface area contributed by atoms with Crippen molar-refractivity contribution in [1.82, 2.24) is 9.55 Å². The predicted octanol–water partition coefficient (Wildman–Crippen LogP) is 3.67. The Labute approximate surface area is 113 Å². The van der Waals surface area contributed by atoms with Gasteiger partial charge in [0.25, 0.3) is 0 Å². The molecule has 1 aliphatic rings. The maximum atomic E-state index is 5.44. The van der Waals surface area contributed by atoms with Gasteiger partial charge in [-0.05, 0) is 51.0 Å². The molecule has 0 aliphatic heterocycles. The Morgan fingerprint density at radius 2 is 2.05 bits per heavy atom. The highest BCUT2D eigenvalue weighted by atomic mass is 16.5. The zero-order valence-corrected chi connectivity index (χ0v) is 11.4. The minimum absolute atomic E-state index is 0.631. The lowest BCUT2D eigenvalue weighted by Gasteiger charge is -2.09. The molecule has 1 heterocycles. The quantitative estimate of drug-likeness (QED) is 0.888. The largest absolute Gasteiger partial charge is 0.494 e. The Balaban J connectivity index is 1.77. The summed E-state index contributed by atoms with van der Waals surface area (Å²) in [6, 6.07) is 8.62. The highest BCUT2D eigenvalue weighted by Gasteiger charge is 2.26. The molecule has 1 aromatic heterocycles. The van der Waals surface area contributed by atoms with Gasteiger partial charge < -0.3 is 14.6 Å². The summed E-state index contributed by atoms with van der Waals surface area (Å²) in [6.07, 6.45) is 4.63. The molecule has 4 heteroatoms. The number of aromatic nitrogens is 2. The third kappa shape index (κ3) is 2.72. The minimum Gasteiger partial charge on any atom is -0.494 e. The predicted molar refractivity (Wildman–Crippen MR) is 76.1 cm³/mol. The van der Waals surface area contributed by atoms with Gasteiger partial charge in [0.2, 0.25) is 5.95 Å². The summed E-state index contributed by atoms with van der Waals surface area (Å²) >= 11 is 0. The molecule has 1 fully saturated rings. The monoisotopic (exact) mass is 257 g/mol. The van der Waals surface area contributed by atoms with Gasteiger partial charge in [-0.1, -0.05) is 0 Å². The van der Waals surface area contributed by atoms with Gasteiger partial charge in [-0.15, -0.1) is 0 Å². The van der Waals surface area contributed by atoms with Crippen molar-refractivity contribution in [3.8, 4) is 5.75 Å². The highest BCUT2D eigenvalue weighted by molar-refractivity contribution is 5.55. The van der Waals surface area contributed by atoms with Crippen LogP contribution in [0.5, 0.6) is 5.75 Å². The van der Waals surface area contributed by atoms with Crippen LogP contribution in [0.1, 0.15) is 31.5 Å². The van der Waals surface area contributed by atoms with Crippen LogP contribution in [-0.4, -0.2) is 16.2 Å². The molecule has 0 saturated heterocycles. The van der Waals surface area contributed by atoms with Crippen molar-refractivity contribution in [1.29, 1.82) is 0 Å².